The molecule has 1 aliphatic rings. The number of likely N-dealkylation sites (tertiary alicyclic amines) is 1. The van der Waals surface area contributed by atoms with Crippen LogP contribution in [0.4, 0.5) is 4.79 Å². The lowest BCUT2D eigenvalue weighted by Gasteiger charge is -2.39. The molecular weight excluding hydrogens is 276 g/mol. The monoisotopic (exact) mass is 296 g/mol. The molecule has 116 valence electrons. The summed E-state index contributed by atoms with van der Waals surface area (Å²) in [5, 5.41) is 8.03. The number of amides is 1. The molecule has 0 unspecified atom stereocenters. The number of methoxy groups -OCH3 is 1. The van der Waals surface area contributed by atoms with Gasteiger partial charge in [0.25, 0.3) is 0 Å². The number of rotatable bonds is 3. The lowest BCUT2D eigenvalue weighted by atomic mass is 10.0. The Morgan fingerprint density at radius 1 is 1.38 bits per heavy atom. The average Bonchev–Trinajstić information content (AvgIpc) is 2.78. The van der Waals surface area contributed by atoms with Crippen molar-refractivity contribution in [1.82, 2.24) is 19.9 Å². The molecule has 1 fully saturated rings. The summed E-state index contributed by atoms with van der Waals surface area (Å²) < 4.78 is 9.84. The van der Waals surface area contributed by atoms with E-state index < -0.39 is 11.6 Å². The zero-order valence-corrected chi connectivity index (χ0v) is 12.7. The minimum absolute atomic E-state index is 0.181. The first-order valence-electron chi connectivity index (χ1n) is 6.75. The fourth-order valence-electron chi connectivity index (χ4n) is 1.98. The Hall–Kier alpha value is -2.12. The fraction of sp³-hybridized carbons (Fsp3) is 0.692. The molecule has 0 aromatic carbocycles. The molecule has 1 amide bonds. The van der Waals surface area contributed by atoms with E-state index in [-0.39, 0.29) is 17.7 Å². The maximum Gasteiger partial charge on any atom is 0.410 e. The van der Waals surface area contributed by atoms with E-state index in [0.717, 1.165) is 0 Å². The van der Waals surface area contributed by atoms with Crippen LogP contribution in [0.15, 0.2) is 6.20 Å². The van der Waals surface area contributed by atoms with Crippen molar-refractivity contribution in [2.24, 2.45) is 5.92 Å². The number of esters is 1. The van der Waals surface area contributed by atoms with Gasteiger partial charge >= 0.3 is 12.1 Å². The normalized spacial score (nSPS) is 15.5. The summed E-state index contributed by atoms with van der Waals surface area (Å²) in [6.45, 7) is 7.27. The van der Waals surface area contributed by atoms with Crippen LogP contribution in [0.5, 0.6) is 0 Å². The molecule has 1 aliphatic heterocycles. The van der Waals surface area contributed by atoms with Gasteiger partial charge in [0.1, 0.15) is 5.60 Å². The quantitative estimate of drug-likeness (QED) is 0.771. The molecule has 2 heterocycles. The van der Waals surface area contributed by atoms with Gasteiger partial charge in [0.15, 0.2) is 5.69 Å². The fourth-order valence-corrected chi connectivity index (χ4v) is 1.98. The van der Waals surface area contributed by atoms with Gasteiger partial charge in [-0.1, -0.05) is 0 Å². The van der Waals surface area contributed by atoms with E-state index in [1.54, 1.807) is 4.90 Å². The molecule has 0 atom stereocenters. The Balaban J connectivity index is 1.79. The highest BCUT2D eigenvalue weighted by Crippen LogP contribution is 2.20. The average molecular weight is 296 g/mol. The van der Waals surface area contributed by atoms with E-state index in [9.17, 15) is 9.59 Å². The first-order chi connectivity index (χ1) is 9.78. The van der Waals surface area contributed by atoms with Crippen molar-refractivity contribution in [2.45, 2.75) is 32.9 Å². The maximum absolute atomic E-state index is 11.8. The molecule has 0 bridgehead atoms. The SMILES string of the molecule is COC(=O)c1cnn(CC2CN(C(=O)OC(C)(C)C)C2)n1. The van der Waals surface area contributed by atoms with Gasteiger partial charge in [-0.2, -0.15) is 9.90 Å². The Morgan fingerprint density at radius 2 is 2.05 bits per heavy atom. The van der Waals surface area contributed by atoms with E-state index in [1.807, 2.05) is 20.8 Å². The molecule has 0 radical (unpaired) electrons. The van der Waals surface area contributed by atoms with Crippen molar-refractivity contribution in [3.05, 3.63) is 11.9 Å². The standard InChI is InChI=1S/C13H20N4O4/c1-13(2,3)21-12(19)16-6-9(7-16)8-17-14-5-10(15-17)11(18)20-4/h5,9H,6-8H2,1-4H3. The summed E-state index contributed by atoms with van der Waals surface area (Å²) in [6, 6.07) is 0. The van der Waals surface area contributed by atoms with Gasteiger partial charge in [-0.05, 0) is 20.8 Å². The van der Waals surface area contributed by atoms with Crippen molar-refractivity contribution in [1.29, 1.82) is 0 Å². The number of aromatic nitrogens is 3. The van der Waals surface area contributed by atoms with Gasteiger partial charge in [-0.3, -0.25) is 0 Å². The number of ether oxygens (including phenoxy) is 2. The molecule has 0 spiro atoms. The van der Waals surface area contributed by atoms with Crippen LogP contribution < -0.4 is 0 Å². The molecule has 1 aromatic rings. The predicted molar refractivity (Wildman–Crippen MR) is 72.7 cm³/mol. The van der Waals surface area contributed by atoms with Crippen LogP contribution >= 0.6 is 0 Å². The molecule has 8 nitrogen and oxygen atoms in total. The second kappa shape index (κ2) is 5.71. The highest BCUT2D eigenvalue weighted by atomic mass is 16.6. The number of hydrogen-bond acceptors (Lipinski definition) is 6. The number of carbonyl (C=O) groups excluding carboxylic acids is 2. The van der Waals surface area contributed by atoms with E-state index in [0.29, 0.717) is 19.6 Å². The zero-order chi connectivity index (χ0) is 15.6. The van der Waals surface area contributed by atoms with Crippen LogP contribution in [0.1, 0.15) is 31.3 Å². The third-order valence-corrected chi connectivity index (χ3v) is 2.96. The molecule has 2 rings (SSSR count). The summed E-state index contributed by atoms with van der Waals surface area (Å²) in [4.78, 5) is 26.1. The molecular formula is C13H20N4O4. The summed E-state index contributed by atoms with van der Waals surface area (Å²) in [5.74, 6) is -0.249. The Kier molecular flexibility index (Phi) is 4.15. The minimum Gasteiger partial charge on any atom is -0.464 e. The van der Waals surface area contributed by atoms with E-state index in [4.69, 9.17) is 4.74 Å². The minimum atomic E-state index is -0.509. The van der Waals surface area contributed by atoms with Gasteiger partial charge in [-0.15, -0.1) is 5.10 Å². The third-order valence-electron chi connectivity index (χ3n) is 2.96. The number of carbonyl (C=O) groups is 2. The van der Waals surface area contributed by atoms with Crippen LogP contribution in [-0.4, -0.2) is 57.8 Å². The summed E-state index contributed by atoms with van der Waals surface area (Å²) in [6.07, 6.45) is 1.07. The van der Waals surface area contributed by atoms with Crippen LogP contribution in [-0.2, 0) is 16.0 Å². The van der Waals surface area contributed by atoms with Gasteiger partial charge in [0.05, 0.1) is 19.9 Å². The molecule has 0 saturated carbocycles. The van der Waals surface area contributed by atoms with Gasteiger partial charge in [-0.25, -0.2) is 9.59 Å². The van der Waals surface area contributed by atoms with Gasteiger partial charge in [0.2, 0.25) is 0 Å². The van der Waals surface area contributed by atoms with Crippen LogP contribution in [0.25, 0.3) is 0 Å². The first kappa shape index (κ1) is 15.3. The number of nitrogens with zero attached hydrogens (tertiary/aromatic N) is 4. The van der Waals surface area contributed by atoms with Crippen molar-refractivity contribution in [3.63, 3.8) is 0 Å². The van der Waals surface area contributed by atoms with Crippen LogP contribution in [0.3, 0.4) is 0 Å². The lowest BCUT2D eigenvalue weighted by molar-refractivity contribution is -0.00446. The molecule has 21 heavy (non-hydrogen) atoms. The molecule has 0 N–H and O–H groups in total. The van der Waals surface area contributed by atoms with E-state index in [2.05, 4.69) is 14.9 Å². The van der Waals surface area contributed by atoms with Crippen molar-refractivity contribution in [2.75, 3.05) is 20.2 Å². The molecule has 0 aliphatic carbocycles. The molecule has 8 heteroatoms. The Bertz CT molecular complexity index is 529. The predicted octanol–water partition coefficient (Wildman–Crippen LogP) is 0.932. The lowest BCUT2D eigenvalue weighted by Crippen LogP contribution is -2.52. The van der Waals surface area contributed by atoms with Crippen LogP contribution in [0, 0.1) is 5.92 Å². The summed E-state index contributed by atoms with van der Waals surface area (Å²) in [5.41, 5.74) is -0.304. The van der Waals surface area contributed by atoms with Crippen molar-refractivity contribution in [3.8, 4) is 0 Å². The topological polar surface area (TPSA) is 86.6 Å². The van der Waals surface area contributed by atoms with Gasteiger partial charge < -0.3 is 14.4 Å². The second-order valence-corrected chi connectivity index (χ2v) is 6.03. The van der Waals surface area contributed by atoms with E-state index >= 15 is 0 Å². The van der Waals surface area contributed by atoms with Crippen molar-refractivity contribution < 1.29 is 19.1 Å². The summed E-state index contributed by atoms with van der Waals surface area (Å²) >= 11 is 0. The molecule has 1 aromatic heterocycles. The highest BCUT2D eigenvalue weighted by Gasteiger charge is 2.34. The zero-order valence-electron chi connectivity index (χ0n) is 12.7. The smallest absolute Gasteiger partial charge is 0.410 e. The maximum atomic E-state index is 11.8. The Labute approximate surface area is 123 Å². The first-order valence-corrected chi connectivity index (χ1v) is 6.75. The largest absolute Gasteiger partial charge is 0.464 e. The van der Waals surface area contributed by atoms with Crippen molar-refractivity contribution >= 4 is 12.1 Å². The highest BCUT2D eigenvalue weighted by molar-refractivity contribution is 5.86. The number of hydrogen-bond donors (Lipinski definition) is 0. The van der Waals surface area contributed by atoms with Crippen LogP contribution in [0.2, 0.25) is 0 Å². The summed E-state index contributed by atoms with van der Waals surface area (Å²) in [7, 11) is 1.30. The second-order valence-electron chi connectivity index (χ2n) is 6.03. The van der Waals surface area contributed by atoms with E-state index in [1.165, 1.54) is 18.1 Å². The Morgan fingerprint density at radius 3 is 2.62 bits per heavy atom. The third kappa shape index (κ3) is 3.93. The molecule has 1 saturated heterocycles. The van der Waals surface area contributed by atoms with Gasteiger partial charge in [0, 0.05) is 19.0 Å².